The number of hydrogen-bond acceptors (Lipinski definition) is 3. The Balaban J connectivity index is 1.81. The summed E-state index contributed by atoms with van der Waals surface area (Å²) in [5, 5.41) is 4.15. The summed E-state index contributed by atoms with van der Waals surface area (Å²) in [5.41, 5.74) is 5.06. The molecule has 0 fully saturated rings. The van der Waals surface area contributed by atoms with Crippen molar-refractivity contribution in [1.82, 2.24) is 14.1 Å². The third-order valence-corrected chi connectivity index (χ3v) is 4.67. The highest BCUT2D eigenvalue weighted by Crippen LogP contribution is 2.25. The second-order valence-corrected chi connectivity index (χ2v) is 6.12. The quantitative estimate of drug-likeness (QED) is 0.573. The Kier molecular flexibility index (Phi) is 3.35. The van der Waals surface area contributed by atoms with Crippen molar-refractivity contribution in [3.63, 3.8) is 0 Å². The maximum atomic E-state index is 12.0. The van der Waals surface area contributed by atoms with Crippen LogP contribution in [0.1, 0.15) is 6.92 Å². The maximum absolute atomic E-state index is 12.0. The van der Waals surface area contributed by atoms with E-state index in [1.54, 1.807) is 22.0 Å². The first-order valence-electron chi connectivity index (χ1n) is 7.47. The molecule has 0 saturated carbocycles. The van der Waals surface area contributed by atoms with E-state index >= 15 is 0 Å². The zero-order valence-electron chi connectivity index (χ0n) is 12.6. The predicted molar refractivity (Wildman–Crippen MR) is 94.3 cm³/mol. The van der Waals surface area contributed by atoms with Crippen molar-refractivity contribution in [3.05, 3.63) is 70.0 Å². The largest absolute Gasteiger partial charge is 0.316 e. The minimum atomic E-state index is 0.0221. The van der Waals surface area contributed by atoms with Gasteiger partial charge in [-0.2, -0.15) is 11.3 Å². The molecule has 4 nitrogen and oxygen atoms in total. The van der Waals surface area contributed by atoms with E-state index < -0.39 is 0 Å². The predicted octanol–water partition coefficient (Wildman–Crippen LogP) is 3.94. The molecule has 0 aliphatic rings. The normalized spacial score (nSPS) is 11.2. The molecule has 0 aliphatic heterocycles. The van der Waals surface area contributed by atoms with Crippen molar-refractivity contribution in [2.24, 2.45) is 0 Å². The number of pyridine rings is 1. The fourth-order valence-electron chi connectivity index (χ4n) is 2.74. The van der Waals surface area contributed by atoms with E-state index in [-0.39, 0.29) is 5.56 Å². The van der Waals surface area contributed by atoms with Crippen LogP contribution in [0.4, 0.5) is 0 Å². The first-order valence-corrected chi connectivity index (χ1v) is 8.41. The summed E-state index contributed by atoms with van der Waals surface area (Å²) in [6, 6.07) is 11.9. The summed E-state index contributed by atoms with van der Waals surface area (Å²) < 4.78 is 3.76. The minimum absolute atomic E-state index is 0.0221. The Morgan fingerprint density at radius 2 is 2.00 bits per heavy atom. The second kappa shape index (κ2) is 5.52. The van der Waals surface area contributed by atoms with Crippen LogP contribution >= 0.6 is 11.3 Å². The van der Waals surface area contributed by atoms with E-state index in [9.17, 15) is 4.79 Å². The Labute approximate surface area is 137 Å². The zero-order chi connectivity index (χ0) is 15.8. The van der Waals surface area contributed by atoms with E-state index in [1.165, 1.54) is 0 Å². The molecular weight excluding hydrogens is 306 g/mol. The first-order chi connectivity index (χ1) is 11.3. The number of aryl methyl sites for hydroxylation is 1. The molecule has 4 rings (SSSR count). The molecule has 0 aliphatic carbocycles. The number of hydrogen-bond donors (Lipinski definition) is 0. The van der Waals surface area contributed by atoms with Gasteiger partial charge in [0, 0.05) is 24.2 Å². The van der Waals surface area contributed by atoms with Gasteiger partial charge in [0.25, 0.3) is 5.56 Å². The summed E-state index contributed by atoms with van der Waals surface area (Å²) >= 11 is 1.67. The third-order valence-electron chi connectivity index (χ3n) is 4.00. The smallest absolute Gasteiger partial charge is 0.251 e. The molecule has 0 bridgehead atoms. The van der Waals surface area contributed by atoms with E-state index in [2.05, 4.69) is 32.4 Å². The highest BCUT2D eigenvalue weighted by atomic mass is 32.1. The van der Waals surface area contributed by atoms with Crippen molar-refractivity contribution in [3.8, 4) is 16.8 Å². The van der Waals surface area contributed by atoms with Crippen LogP contribution in [-0.4, -0.2) is 14.1 Å². The van der Waals surface area contributed by atoms with Crippen LogP contribution in [0.5, 0.6) is 0 Å². The van der Waals surface area contributed by atoms with E-state index in [0.717, 1.165) is 27.8 Å². The van der Waals surface area contributed by atoms with Crippen molar-refractivity contribution in [2.45, 2.75) is 13.5 Å². The van der Waals surface area contributed by atoms with Crippen molar-refractivity contribution in [2.75, 3.05) is 0 Å². The summed E-state index contributed by atoms with van der Waals surface area (Å²) in [6.45, 7) is 2.65. The molecule has 1 aromatic carbocycles. The van der Waals surface area contributed by atoms with Crippen LogP contribution in [0, 0.1) is 0 Å². The Hall–Kier alpha value is -2.66. The van der Waals surface area contributed by atoms with Crippen LogP contribution < -0.4 is 5.56 Å². The second-order valence-electron chi connectivity index (χ2n) is 5.34. The molecule has 0 atom stereocenters. The molecule has 0 spiro atoms. The zero-order valence-corrected chi connectivity index (χ0v) is 13.5. The molecule has 4 aromatic rings. The van der Waals surface area contributed by atoms with Crippen molar-refractivity contribution >= 4 is 22.4 Å². The van der Waals surface area contributed by atoms with Crippen LogP contribution in [0.3, 0.4) is 0 Å². The van der Waals surface area contributed by atoms with Gasteiger partial charge in [0.05, 0.1) is 16.7 Å². The van der Waals surface area contributed by atoms with Gasteiger partial charge in [-0.25, -0.2) is 4.98 Å². The van der Waals surface area contributed by atoms with Gasteiger partial charge in [0.1, 0.15) is 6.33 Å². The lowest BCUT2D eigenvalue weighted by Crippen LogP contribution is -2.16. The lowest BCUT2D eigenvalue weighted by molar-refractivity contribution is 0.728. The van der Waals surface area contributed by atoms with Crippen LogP contribution in [0.25, 0.3) is 27.8 Å². The molecule has 23 heavy (non-hydrogen) atoms. The molecule has 114 valence electrons. The van der Waals surface area contributed by atoms with Gasteiger partial charge in [0.15, 0.2) is 0 Å². The molecule has 0 unspecified atom stereocenters. The van der Waals surface area contributed by atoms with Gasteiger partial charge in [-0.1, -0.05) is 6.07 Å². The highest BCUT2D eigenvalue weighted by molar-refractivity contribution is 7.08. The topological polar surface area (TPSA) is 39.8 Å². The number of rotatable bonds is 3. The average Bonchev–Trinajstić information content (AvgIpc) is 3.23. The lowest BCUT2D eigenvalue weighted by Gasteiger charge is -2.06. The van der Waals surface area contributed by atoms with Gasteiger partial charge in [-0.05, 0) is 47.7 Å². The van der Waals surface area contributed by atoms with Gasteiger partial charge in [0.2, 0.25) is 0 Å². The minimum Gasteiger partial charge on any atom is -0.316 e. The van der Waals surface area contributed by atoms with Gasteiger partial charge in [-0.3, -0.25) is 9.36 Å². The maximum Gasteiger partial charge on any atom is 0.251 e. The molecule has 3 heterocycles. The van der Waals surface area contributed by atoms with Crippen molar-refractivity contribution < 1.29 is 0 Å². The van der Waals surface area contributed by atoms with Crippen LogP contribution in [0.15, 0.2) is 64.5 Å². The van der Waals surface area contributed by atoms with Crippen molar-refractivity contribution in [1.29, 1.82) is 0 Å². The summed E-state index contributed by atoms with van der Waals surface area (Å²) in [7, 11) is 0. The van der Waals surface area contributed by atoms with E-state index in [1.807, 2.05) is 37.6 Å². The fourth-order valence-corrected chi connectivity index (χ4v) is 3.37. The number of fused-ring (bicyclic) bond motifs is 1. The summed E-state index contributed by atoms with van der Waals surface area (Å²) in [6.07, 6.45) is 3.68. The molecule has 0 N–H and O–H groups in total. The third kappa shape index (κ3) is 2.39. The number of imidazole rings is 1. The highest BCUT2D eigenvalue weighted by Gasteiger charge is 2.07. The van der Waals surface area contributed by atoms with Gasteiger partial charge < -0.3 is 4.57 Å². The van der Waals surface area contributed by atoms with Gasteiger partial charge >= 0.3 is 0 Å². The summed E-state index contributed by atoms with van der Waals surface area (Å²) in [4.78, 5) is 16.5. The SMILES string of the molecule is CCn1ccc(-c2ccc3c(c2)ncn3-c2ccsc2)cc1=O. The number of thiophene rings is 1. The number of benzene rings is 1. The lowest BCUT2D eigenvalue weighted by atomic mass is 10.1. The molecule has 0 saturated heterocycles. The molecule has 0 amide bonds. The standard InChI is InChI=1S/C18H15N3OS/c1-2-20-7-5-14(10-18(20)22)13-3-4-17-16(9-13)19-12-21(17)15-6-8-23-11-15/h3-12H,2H2,1H3. The first kappa shape index (κ1) is 14.0. The molecular formula is C18H15N3OS. The monoisotopic (exact) mass is 321 g/mol. The van der Waals surface area contributed by atoms with E-state index in [0.29, 0.717) is 6.54 Å². The van der Waals surface area contributed by atoms with Gasteiger partial charge in [-0.15, -0.1) is 0 Å². The number of aromatic nitrogens is 3. The Bertz CT molecular complexity index is 1030. The summed E-state index contributed by atoms with van der Waals surface area (Å²) in [5.74, 6) is 0. The van der Waals surface area contributed by atoms with E-state index in [4.69, 9.17) is 0 Å². The number of nitrogens with zero attached hydrogens (tertiary/aromatic N) is 3. The molecule has 3 aromatic heterocycles. The van der Waals surface area contributed by atoms with Crippen LogP contribution in [0.2, 0.25) is 0 Å². The fraction of sp³-hybridized carbons (Fsp3) is 0.111. The molecule has 5 heteroatoms. The van der Waals surface area contributed by atoms with Crippen LogP contribution in [-0.2, 0) is 6.54 Å². The Morgan fingerprint density at radius 3 is 2.74 bits per heavy atom. The average molecular weight is 321 g/mol. The Morgan fingerprint density at radius 1 is 1.13 bits per heavy atom. The molecule has 0 radical (unpaired) electrons.